The Bertz CT molecular complexity index is 1570. The highest BCUT2D eigenvalue weighted by Crippen LogP contribution is 2.30. The molecule has 2 amide bonds. The zero-order valence-electron chi connectivity index (χ0n) is 21.2. The molecule has 1 unspecified atom stereocenters. The topological polar surface area (TPSA) is 129 Å². The molecule has 0 aliphatic carbocycles. The van der Waals surface area contributed by atoms with Crippen molar-refractivity contribution in [2.45, 2.75) is 26.8 Å². The predicted molar refractivity (Wildman–Crippen MR) is 145 cm³/mol. The van der Waals surface area contributed by atoms with E-state index >= 15 is 0 Å². The molecule has 0 bridgehead atoms. The summed E-state index contributed by atoms with van der Waals surface area (Å²) >= 11 is 1.10. The first kappa shape index (κ1) is 26.6. The molecule has 11 heteroatoms. The second-order valence-corrected chi connectivity index (χ2v) is 9.31. The van der Waals surface area contributed by atoms with Crippen molar-refractivity contribution in [3.63, 3.8) is 0 Å². The molecule has 0 saturated carbocycles. The first-order valence-electron chi connectivity index (χ1n) is 11.8. The Labute approximate surface area is 222 Å². The van der Waals surface area contributed by atoms with Gasteiger partial charge in [-0.3, -0.25) is 19.0 Å². The van der Waals surface area contributed by atoms with Gasteiger partial charge in [-0.25, -0.2) is 9.78 Å². The molecule has 0 spiro atoms. The van der Waals surface area contributed by atoms with E-state index in [2.05, 4.69) is 15.6 Å². The largest absolute Gasteiger partial charge is 0.495 e. The summed E-state index contributed by atoms with van der Waals surface area (Å²) in [5, 5.41) is 5.83. The minimum absolute atomic E-state index is 0.263. The van der Waals surface area contributed by atoms with Gasteiger partial charge >= 0.3 is 5.97 Å². The number of nitrogens with one attached hydrogen (secondary N) is 2. The van der Waals surface area contributed by atoms with Crippen LogP contribution in [0.1, 0.15) is 45.5 Å². The Morgan fingerprint density at radius 3 is 2.47 bits per heavy atom. The normalized spacial score (nSPS) is 11.6. The number of esters is 1. The van der Waals surface area contributed by atoms with Crippen LogP contribution in [0.3, 0.4) is 0 Å². The number of rotatable bonds is 8. The van der Waals surface area contributed by atoms with Gasteiger partial charge in [-0.1, -0.05) is 12.1 Å². The fraction of sp³-hybridized carbons (Fsp3) is 0.222. The van der Waals surface area contributed by atoms with E-state index in [1.807, 2.05) is 0 Å². The van der Waals surface area contributed by atoms with E-state index in [1.165, 1.54) is 18.0 Å². The number of hydrogen-bond acceptors (Lipinski definition) is 8. The Kier molecular flexibility index (Phi) is 7.87. The zero-order chi connectivity index (χ0) is 27.4. The summed E-state index contributed by atoms with van der Waals surface area (Å²) in [4.78, 5) is 56.2. The lowest BCUT2D eigenvalue weighted by molar-refractivity contribution is -0.118. The minimum atomic E-state index is -0.894. The first-order chi connectivity index (χ1) is 18.2. The van der Waals surface area contributed by atoms with E-state index in [9.17, 15) is 19.2 Å². The molecule has 196 valence electrons. The predicted octanol–water partition coefficient (Wildman–Crippen LogP) is 4.40. The van der Waals surface area contributed by atoms with Crippen LogP contribution in [0.15, 0.2) is 59.7 Å². The number of ether oxygens (including phenoxy) is 2. The molecule has 0 fully saturated rings. The highest BCUT2D eigenvalue weighted by Gasteiger charge is 2.23. The maximum Gasteiger partial charge on any atom is 0.338 e. The number of amides is 2. The lowest BCUT2D eigenvalue weighted by Gasteiger charge is -2.15. The molecule has 0 aliphatic rings. The molecule has 0 aliphatic heterocycles. The van der Waals surface area contributed by atoms with Crippen LogP contribution < -0.4 is 20.9 Å². The second-order valence-electron chi connectivity index (χ2n) is 8.31. The number of aromatic nitrogens is 2. The number of anilines is 2. The number of nitrogens with zero attached hydrogens (tertiary/aromatic N) is 2. The van der Waals surface area contributed by atoms with Crippen molar-refractivity contribution in [3.05, 3.63) is 81.2 Å². The molecular weight excluding hydrogens is 508 g/mol. The van der Waals surface area contributed by atoms with Crippen molar-refractivity contribution < 1.29 is 23.9 Å². The van der Waals surface area contributed by atoms with Crippen molar-refractivity contribution in [1.82, 2.24) is 9.55 Å². The standard InChI is InChI=1S/C27H26N4O6S/c1-5-37-27(35)17-10-12-18(13-11-17)29-23(32)16(3)31-14-28-25-21(26(31)34)15(2)22(38-25)24(33)30-19-8-6-7-9-20(19)36-4/h6-14,16H,5H2,1-4H3,(H,29,32)(H,30,33). The molecular formula is C27H26N4O6S. The number of carbonyl (C=O) groups is 3. The Morgan fingerprint density at radius 1 is 1.08 bits per heavy atom. The maximum absolute atomic E-state index is 13.4. The van der Waals surface area contributed by atoms with Crippen molar-refractivity contribution in [2.24, 2.45) is 0 Å². The SMILES string of the molecule is CCOC(=O)c1ccc(NC(=O)C(C)n2cnc3sc(C(=O)Nc4ccccc4OC)c(C)c3c2=O)cc1. The van der Waals surface area contributed by atoms with Gasteiger partial charge in [-0.05, 0) is 62.7 Å². The molecule has 2 aromatic heterocycles. The van der Waals surface area contributed by atoms with Gasteiger partial charge in [0.1, 0.15) is 16.6 Å². The summed E-state index contributed by atoms with van der Waals surface area (Å²) in [6.07, 6.45) is 1.30. The molecule has 0 radical (unpaired) electrons. The van der Waals surface area contributed by atoms with Crippen LogP contribution in [0.25, 0.3) is 10.2 Å². The van der Waals surface area contributed by atoms with Crippen molar-refractivity contribution in [2.75, 3.05) is 24.4 Å². The molecule has 10 nitrogen and oxygen atoms in total. The number of hydrogen-bond donors (Lipinski definition) is 2. The van der Waals surface area contributed by atoms with Gasteiger partial charge in [-0.2, -0.15) is 0 Å². The van der Waals surface area contributed by atoms with Crippen molar-refractivity contribution >= 4 is 50.7 Å². The van der Waals surface area contributed by atoms with E-state index in [0.29, 0.717) is 38.0 Å². The highest BCUT2D eigenvalue weighted by atomic mass is 32.1. The monoisotopic (exact) mass is 534 g/mol. The number of thiophene rings is 1. The third-order valence-electron chi connectivity index (χ3n) is 5.90. The molecule has 4 aromatic rings. The van der Waals surface area contributed by atoms with E-state index in [1.54, 1.807) is 69.3 Å². The van der Waals surface area contributed by atoms with Crippen LogP contribution in [-0.4, -0.2) is 41.1 Å². The molecule has 38 heavy (non-hydrogen) atoms. The second kappa shape index (κ2) is 11.3. The Morgan fingerprint density at radius 2 is 1.79 bits per heavy atom. The van der Waals surface area contributed by atoms with Gasteiger partial charge in [-0.15, -0.1) is 11.3 Å². The van der Waals surface area contributed by atoms with Gasteiger partial charge in [0.05, 0.1) is 41.6 Å². The average Bonchev–Trinajstić information content (AvgIpc) is 3.26. The number of fused-ring (bicyclic) bond motifs is 1. The quantitative estimate of drug-likeness (QED) is 0.321. The number of aryl methyl sites for hydroxylation is 1. The molecule has 1 atom stereocenters. The summed E-state index contributed by atoms with van der Waals surface area (Å²) in [5.74, 6) is -0.778. The molecule has 0 saturated heterocycles. The van der Waals surface area contributed by atoms with Crippen molar-refractivity contribution in [3.8, 4) is 5.75 Å². The summed E-state index contributed by atoms with van der Waals surface area (Å²) < 4.78 is 11.5. The van der Waals surface area contributed by atoms with Gasteiger partial charge in [0, 0.05) is 5.69 Å². The van der Waals surface area contributed by atoms with Crippen LogP contribution in [-0.2, 0) is 9.53 Å². The number of para-hydroxylation sites is 2. The summed E-state index contributed by atoms with van der Waals surface area (Å²) in [6.45, 7) is 5.24. The van der Waals surface area contributed by atoms with Gasteiger partial charge in [0.25, 0.3) is 11.5 Å². The summed E-state index contributed by atoms with van der Waals surface area (Å²) in [6, 6.07) is 12.4. The van der Waals surface area contributed by atoms with E-state index in [0.717, 1.165) is 11.3 Å². The zero-order valence-corrected chi connectivity index (χ0v) is 22.0. The van der Waals surface area contributed by atoms with E-state index < -0.39 is 29.4 Å². The fourth-order valence-electron chi connectivity index (χ4n) is 3.83. The third-order valence-corrected chi connectivity index (χ3v) is 7.10. The van der Waals surface area contributed by atoms with Crippen LogP contribution >= 0.6 is 11.3 Å². The summed E-state index contributed by atoms with van der Waals surface area (Å²) in [7, 11) is 1.51. The Hall–Kier alpha value is -4.51. The number of benzene rings is 2. The van der Waals surface area contributed by atoms with Crippen molar-refractivity contribution in [1.29, 1.82) is 0 Å². The molecule has 2 aromatic carbocycles. The average molecular weight is 535 g/mol. The third kappa shape index (κ3) is 5.28. The fourth-order valence-corrected chi connectivity index (χ4v) is 4.87. The van der Waals surface area contributed by atoms with Crippen LogP contribution in [0, 0.1) is 6.92 Å². The lowest BCUT2D eigenvalue weighted by Crippen LogP contribution is -2.31. The van der Waals surface area contributed by atoms with Crippen LogP contribution in [0.4, 0.5) is 11.4 Å². The van der Waals surface area contributed by atoms with Crippen LogP contribution in [0.2, 0.25) is 0 Å². The van der Waals surface area contributed by atoms with E-state index in [-0.39, 0.29) is 12.0 Å². The number of carbonyl (C=O) groups excluding carboxylic acids is 3. The molecule has 4 rings (SSSR count). The Balaban J connectivity index is 1.56. The lowest BCUT2D eigenvalue weighted by atomic mass is 10.2. The van der Waals surface area contributed by atoms with Gasteiger partial charge < -0.3 is 20.1 Å². The first-order valence-corrected chi connectivity index (χ1v) is 12.6. The van der Waals surface area contributed by atoms with E-state index in [4.69, 9.17) is 9.47 Å². The molecule has 2 heterocycles. The van der Waals surface area contributed by atoms with Crippen LogP contribution in [0.5, 0.6) is 5.75 Å². The highest BCUT2D eigenvalue weighted by molar-refractivity contribution is 7.20. The molecule has 2 N–H and O–H groups in total. The van der Waals surface area contributed by atoms with Gasteiger partial charge in [0.2, 0.25) is 5.91 Å². The van der Waals surface area contributed by atoms with Gasteiger partial charge in [0.15, 0.2) is 0 Å². The summed E-state index contributed by atoms with van der Waals surface area (Å²) in [5.41, 5.74) is 1.37. The number of methoxy groups -OCH3 is 1. The maximum atomic E-state index is 13.4. The minimum Gasteiger partial charge on any atom is -0.495 e. The smallest absolute Gasteiger partial charge is 0.338 e.